The molecule has 29 heavy (non-hydrogen) atoms. The van der Waals surface area contributed by atoms with E-state index in [4.69, 9.17) is 0 Å². The van der Waals surface area contributed by atoms with E-state index in [-0.39, 0.29) is 0 Å². The first-order valence-corrected chi connectivity index (χ1v) is 14.8. The highest BCUT2D eigenvalue weighted by molar-refractivity contribution is 7.98. The van der Waals surface area contributed by atoms with E-state index in [1.807, 2.05) is 11.8 Å². The van der Waals surface area contributed by atoms with Crippen molar-refractivity contribution in [2.24, 2.45) is 52.3 Å². The van der Waals surface area contributed by atoms with Crippen molar-refractivity contribution >= 4 is 11.8 Å². The molecule has 0 radical (unpaired) electrons. The molecule has 4 fully saturated rings. The largest absolute Gasteiger partial charge is 0.165 e. The number of fused-ring (bicyclic) bond motifs is 5. The zero-order valence-electron chi connectivity index (χ0n) is 20.3. The molecule has 0 amide bonds. The van der Waals surface area contributed by atoms with E-state index >= 15 is 0 Å². The summed E-state index contributed by atoms with van der Waals surface area (Å²) in [6.07, 6.45) is 22.2. The van der Waals surface area contributed by atoms with E-state index in [2.05, 4.69) is 34.0 Å². The van der Waals surface area contributed by atoms with Crippen LogP contribution in [0.4, 0.5) is 0 Å². The molecule has 0 aromatic rings. The Morgan fingerprint density at radius 3 is 2.41 bits per heavy atom. The molecule has 168 valence electrons. The van der Waals surface area contributed by atoms with Crippen LogP contribution in [0.15, 0.2) is 0 Å². The molecule has 0 bridgehead atoms. The van der Waals surface area contributed by atoms with Crippen LogP contribution in [0.3, 0.4) is 0 Å². The van der Waals surface area contributed by atoms with Gasteiger partial charge in [0.1, 0.15) is 0 Å². The lowest BCUT2D eigenvalue weighted by Crippen LogP contribution is -2.53. The Bertz CT molecular complexity index is 542. The van der Waals surface area contributed by atoms with Crippen LogP contribution in [-0.4, -0.2) is 12.0 Å². The summed E-state index contributed by atoms with van der Waals surface area (Å²) in [5, 5.41) is 0. The molecule has 9 atom stereocenters. The standard InChI is InChI=1S/C28H50S/c1-20(19-29-5)9-8-10-21(2)24-14-15-25-23-13-12-22-11-6-7-17-27(22,3)26(23)16-18-28(24,25)4/h20-26H,6-19H2,1-5H3/t20?,21-,22?,23+,24-,25+,26+,27+,28-/m1/s1. The molecule has 0 heterocycles. The monoisotopic (exact) mass is 418 g/mol. The molecule has 4 aliphatic rings. The lowest BCUT2D eigenvalue weighted by molar-refractivity contribution is -0.114. The van der Waals surface area contributed by atoms with E-state index in [1.165, 1.54) is 37.9 Å². The number of rotatable bonds is 7. The van der Waals surface area contributed by atoms with E-state index in [9.17, 15) is 0 Å². The molecular formula is C28H50S. The van der Waals surface area contributed by atoms with E-state index < -0.39 is 0 Å². The van der Waals surface area contributed by atoms with Gasteiger partial charge < -0.3 is 0 Å². The van der Waals surface area contributed by atoms with Gasteiger partial charge in [-0.25, -0.2) is 0 Å². The summed E-state index contributed by atoms with van der Waals surface area (Å²) in [5.74, 6) is 8.50. The number of hydrogen-bond acceptors (Lipinski definition) is 1. The van der Waals surface area contributed by atoms with E-state index in [0.717, 1.165) is 41.4 Å². The smallest absolute Gasteiger partial charge is 0.00445 e. The van der Waals surface area contributed by atoms with Gasteiger partial charge in [0.25, 0.3) is 0 Å². The normalized spacial score (nSPS) is 46.4. The first kappa shape index (κ1) is 22.5. The Kier molecular flexibility index (Phi) is 7.05. The van der Waals surface area contributed by atoms with Crippen LogP contribution < -0.4 is 0 Å². The SMILES string of the molecule is CSCC(C)CCC[C@@H](C)[C@H]1CC[C@H]2[C@@H]3CCC4CCCC[C@]4(C)[C@H]3CC[C@]12C. The van der Waals surface area contributed by atoms with Gasteiger partial charge in [-0.05, 0) is 122 Å². The first-order chi connectivity index (χ1) is 13.9. The van der Waals surface area contributed by atoms with Crippen molar-refractivity contribution in [1.29, 1.82) is 0 Å². The van der Waals surface area contributed by atoms with Gasteiger partial charge in [0.2, 0.25) is 0 Å². The Labute approximate surface area is 187 Å². The number of thioether (sulfide) groups is 1. The summed E-state index contributed by atoms with van der Waals surface area (Å²) in [6, 6.07) is 0. The summed E-state index contributed by atoms with van der Waals surface area (Å²) in [5.41, 5.74) is 1.38. The van der Waals surface area contributed by atoms with Gasteiger partial charge in [-0.3, -0.25) is 0 Å². The first-order valence-electron chi connectivity index (χ1n) is 13.4. The minimum absolute atomic E-state index is 0.670. The highest BCUT2D eigenvalue weighted by atomic mass is 32.2. The zero-order valence-corrected chi connectivity index (χ0v) is 21.2. The van der Waals surface area contributed by atoms with Crippen molar-refractivity contribution in [2.75, 3.05) is 12.0 Å². The van der Waals surface area contributed by atoms with Gasteiger partial charge in [0.15, 0.2) is 0 Å². The molecule has 0 nitrogen and oxygen atoms in total. The lowest BCUT2D eigenvalue weighted by atomic mass is 9.44. The molecule has 2 unspecified atom stereocenters. The van der Waals surface area contributed by atoms with Gasteiger partial charge in [0.05, 0.1) is 0 Å². The lowest BCUT2D eigenvalue weighted by Gasteiger charge is -2.61. The molecule has 0 aromatic carbocycles. The molecule has 0 aromatic heterocycles. The maximum absolute atomic E-state index is 2.76. The van der Waals surface area contributed by atoms with Crippen LogP contribution in [0.5, 0.6) is 0 Å². The zero-order chi connectivity index (χ0) is 20.6. The van der Waals surface area contributed by atoms with Gasteiger partial charge in [-0.15, -0.1) is 0 Å². The van der Waals surface area contributed by atoms with Crippen molar-refractivity contribution in [3.05, 3.63) is 0 Å². The summed E-state index contributed by atoms with van der Waals surface area (Å²) >= 11 is 2.03. The molecule has 4 saturated carbocycles. The highest BCUT2D eigenvalue weighted by Gasteiger charge is 2.59. The van der Waals surface area contributed by atoms with E-state index in [1.54, 1.807) is 51.4 Å². The minimum Gasteiger partial charge on any atom is -0.165 e. The fraction of sp³-hybridized carbons (Fsp3) is 1.00. The minimum atomic E-state index is 0.670. The van der Waals surface area contributed by atoms with E-state index in [0.29, 0.717) is 10.8 Å². The predicted molar refractivity (Wildman–Crippen MR) is 130 cm³/mol. The second kappa shape index (κ2) is 9.07. The summed E-state index contributed by atoms with van der Waals surface area (Å²) in [6.45, 7) is 10.6. The van der Waals surface area contributed by atoms with Crippen molar-refractivity contribution in [3.63, 3.8) is 0 Å². The van der Waals surface area contributed by atoms with Gasteiger partial charge in [-0.2, -0.15) is 11.8 Å². The summed E-state index contributed by atoms with van der Waals surface area (Å²) < 4.78 is 0. The molecule has 4 aliphatic carbocycles. The highest BCUT2D eigenvalue weighted by Crippen LogP contribution is 2.68. The summed E-state index contributed by atoms with van der Waals surface area (Å²) in [7, 11) is 0. The molecule has 0 spiro atoms. The third-order valence-electron chi connectivity index (χ3n) is 11.2. The molecule has 0 saturated heterocycles. The molecule has 0 N–H and O–H groups in total. The Balaban J connectivity index is 1.40. The second-order valence-corrected chi connectivity index (χ2v) is 13.5. The predicted octanol–water partition coefficient (Wildman–Crippen LogP) is 8.84. The van der Waals surface area contributed by atoms with Crippen LogP contribution in [0.2, 0.25) is 0 Å². The van der Waals surface area contributed by atoms with Crippen LogP contribution in [-0.2, 0) is 0 Å². The maximum atomic E-state index is 2.76. The van der Waals surface area contributed by atoms with Crippen molar-refractivity contribution in [3.8, 4) is 0 Å². The van der Waals surface area contributed by atoms with Crippen LogP contribution in [0.1, 0.15) is 111 Å². The van der Waals surface area contributed by atoms with Crippen molar-refractivity contribution in [2.45, 2.75) is 111 Å². The quantitative estimate of drug-likeness (QED) is 0.398. The Morgan fingerprint density at radius 2 is 1.62 bits per heavy atom. The van der Waals surface area contributed by atoms with Gasteiger partial charge in [-0.1, -0.05) is 53.4 Å². The van der Waals surface area contributed by atoms with Gasteiger partial charge in [0, 0.05) is 0 Å². The average molecular weight is 419 g/mol. The van der Waals surface area contributed by atoms with Gasteiger partial charge >= 0.3 is 0 Å². The molecule has 0 aliphatic heterocycles. The molecular weight excluding hydrogens is 368 g/mol. The van der Waals surface area contributed by atoms with Crippen molar-refractivity contribution < 1.29 is 0 Å². The Morgan fingerprint density at radius 1 is 0.828 bits per heavy atom. The van der Waals surface area contributed by atoms with Crippen LogP contribution in [0, 0.1) is 52.3 Å². The summed E-state index contributed by atoms with van der Waals surface area (Å²) in [4.78, 5) is 0. The third-order valence-corrected chi connectivity index (χ3v) is 12.1. The van der Waals surface area contributed by atoms with Crippen LogP contribution in [0.25, 0.3) is 0 Å². The fourth-order valence-corrected chi connectivity index (χ4v) is 10.4. The van der Waals surface area contributed by atoms with Crippen LogP contribution >= 0.6 is 11.8 Å². The number of hydrogen-bond donors (Lipinski definition) is 0. The van der Waals surface area contributed by atoms with Crippen molar-refractivity contribution in [1.82, 2.24) is 0 Å². The molecule has 1 heteroatoms. The fourth-order valence-electron chi connectivity index (χ4n) is 9.63. The maximum Gasteiger partial charge on any atom is -0.00445 e. The average Bonchev–Trinajstić information content (AvgIpc) is 3.05. The topological polar surface area (TPSA) is 0 Å². The third kappa shape index (κ3) is 4.09. The molecule has 4 rings (SSSR count). The Hall–Kier alpha value is 0.350. The second-order valence-electron chi connectivity index (χ2n) is 12.6.